The van der Waals surface area contributed by atoms with E-state index in [0.29, 0.717) is 17.1 Å². The monoisotopic (exact) mass is 283 g/mol. The molecule has 0 spiro atoms. The molecule has 1 unspecified atom stereocenters. The molecular formula is C14H15ClFNS. The first-order chi connectivity index (χ1) is 8.70. The molecule has 2 aromatic rings. The van der Waals surface area contributed by atoms with Gasteiger partial charge >= 0.3 is 0 Å². The van der Waals surface area contributed by atoms with Gasteiger partial charge in [-0.05, 0) is 36.1 Å². The van der Waals surface area contributed by atoms with Crippen molar-refractivity contribution in [3.8, 4) is 0 Å². The third kappa shape index (κ3) is 3.31. The first kappa shape index (κ1) is 13.5. The lowest BCUT2D eigenvalue weighted by atomic mass is 10.1. The first-order valence-corrected chi connectivity index (χ1v) is 7.17. The number of thiophene rings is 1. The van der Waals surface area contributed by atoms with Crippen LogP contribution in [0.25, 0.3) is 0 Å². The second-order valence-electron chi connectivity index (χ2n) is 4.09. The summed E-state index contributed by atoms with van der Waals surface area (Å²) in [5.41, 5.74) is 0.609. The number of nitrogens with one attached hydrogen (secondary N) is 1. The molecule has 1 aromatic heterocycles. The van der Waals surface area contributed by atoms with E-state index in [1.165, 1.54) is 10.9 Å². The summed E-state index contributed by atoms with van der Waals surface area (Å²) >= 11 is 7.59. The van der Waals surface area contributed by atoms with E-state index in [2.05, 4.69) is 23.7 Å². The third-order valence-corrected chi connectivity index (χ3v) is 4.06. The fourth-order valence-corrected chi connectivity index (χ4v) is 2.93. The minimum atomic E-state index is -0.215. The second kappa shape index (κ2) is 6.32. The largest absolute Gasteiger partial charge is 0.305 e. The summed E-state index contributed by atoms with van der Waals surface area (Å²) < 4.78 is 13.6. The normalized spacial score (nSPS) is 12.6. The van der Waals surface area contributed by atoms with E-state index in [-0.39, 0.29) is 11.9 Å². The fraction of sp³-hybridized carbons (Fsp3) is 0.286. The summed E-state index contributed by atoms with van der Waals surface area (Å²) in [5.74, 6) is -0.215. The molecule has 0 aliphatic carbocycles. The van der Waals surface area contributed by atoms with Crippen LogP contribution in [0.3, 0.4) is 0 Å². The molecule has 1 aromatic carbocycles. The molecule has 1 atom stereocenters. The van der Waals surface area contributed by atoms with Gasteiger partial charge in [0.25, 0.3) is 0 Å². The van der Waals surface area contributed by atoms with Gasteiger partial charge in [-0.25, -0.2) is 4.39 Å². The van der Waals surface area contributed by atoms with Crippen LogP contribution in [-0.2, 0) is 6.54 Å². The summed E-state index contributed by atoms with van der Waals surface area (Å²) in [6, 6.07) is 9.04. The van der Waals surface area contributed by atoms with Crippen molar-refractivity contribution in [1.29, 1.82) is 0 Å². The van der Waals surface area contributed by atoms with Gasteiger partial charge in [0.1, 0.15) is 5.82 Å². The van der Waals surface area contributed by atoms with Gasteiger partial charge in [-0.15, -0.1) is 11.3 Å². The fourth-order valence-electron chi connectivity index (χ4n) is 1.85. The Morgan fingerprint density at radius 3 is 2.89 bits per heavy atom. The summed E-state index contributed by atoms with van der Waals surface area (Å²) in [4.78, 5) is 1.28. The van der Waals surface area contributed by atoms with Gasteiger partial charge in [-0.3, -0.25) is 0 Å². The van der Waals surface area contributed by atoms with Crippen molar-refractivity contribution < 1.29 is 4.39 Å². The van der Waals surface area contributed by atoms with Crippen LogP contribution in [0.15, 0.2) is 35.7 Å². The molecule has 1 heterocycles. The van der Waals surface area contributed by atoms with E-state index in [0.717, 1.165) is 6.42 Å². The Morgan fingerprint density at radius 2 is 2.22 bits per heavy atom. The third-order valence-electron chi connectivity index (χ3n) is 2.84. The van der Waals surface area contributed by atoms with Gasteiger partial charge in [0.2, 0.25) is 0 Å². The van der Waals surface area contributed by atoms with Crippen molar-refractivity contribution in [2.24, 2.45) is 0 Å². The number of halogens is 2. The van der Waals surface area contributed by atoms with Gasteiger partial charge in [-0.2, -0.15) is 0 Å². The molecule has 0 saturated carbocycles. The average molecular weight is 284 g/mol. The molecule has 96 valence electrons. The van der Waals surface area contributed by atoms with Gasteiger partial charge in [0.15, 0.2) is 0 Å². The van der Waals surface area contributed by atoms with E-state index < -0.39 is 0 Å². The van der Waals surface area contributed by atoms with Crippen LogP contribution in [0.4, 0.5) is 4.39 Å². The predicted molar refractivity (Wildman–Crippen MR) is 75.6 cm³/mol. The summed E-state index contributed by atoms with van der Waals surface area (Å²) in [5, 5.41) is 5.99. The Labute approximate surface area is 116 Å². The quantitative estimate of drug-likeness (QED) is 0.832. The zero-order valence-electron chi connectivity index (χ0n) is 10.1. The van der Waals surface area contributed by atoms with E-state index >= 15 is 0 Å². The summed E-state index contributed by atoms with van der Waals surface area (Å²) in [7, 11) is 0. The van der Waals surface area contributed by atoms with Gasteiger partial charge in [-0.1, -0.05) is 24.6 Å². The van der Waals surface area contributed by atoms with Gasteiger partial charge in [0.05, 0.1) is 0 Å². The standard InChI is InChI=1S/C14H15ClFNS/c1-2-13(14-4-3-7-18-14)17-9-10-8-11(15)5-6-12(10)16/h3-8,13,17H,2,9H2,1H3. The SMILES string of the molecule is CCC(NCc1cc(Cl)ccc1F)c1cccs1. The molecule has 2 rings (SSSR count). The Bertz CT molecular complexity index is 499. The number of rotatable bonds is 5. The highest BCUT2D eigenvalue weighted by Crippen LogP contribution is 2.23. The summed E-state index contributed by atoms with van der Waals surface area (Å²) in [6.45, 7) is 2.61. The van der Waals surface area contributed by atoms with E-state index in [1.807, 2.05) is 6.07 Å². The van der Waals surface area contributed by atoms with Crippen LogP contribution in [0.1, 0.15) is 29.8 Å². The minimum absolute atomic E-state index is 0.215. The molecule has 0 radical (unpaired) electrons. The Kier molecular flexibility index (Phi) is 4.75. The highest BCUT2D eigenvalue weighted by Gasteiger charge is 2.11. The Morgan fingerprint density at radius 1 is 1.39 bits per heavy atom. The maximum absolute atomic E-state index is 13.6. The van der Waals surface area contributed by atoms with Crippen LogP contribution in [0, 0.1) is 5.82 Å². The second-order valence-corrected chi connectivity index (χ2v) is 5.51. The zero-order valence-corrected chi connectivity index (χ0v) is 11.7. The number of benzene rings is 1. The Hall–Kier alpha value is -0.900. The molecule has 1 N–H and O–H groups in total. The molecular weight excluding hydrogens is 269 g/mol. The highest BCUT2D eigenvalue weighted by molar-refractivity contribution is 7.10. The highest BCUT2D eigenvalue weighted by atomic mass is 35.5. The molecule has 4 heteroatoms. The van der Waals surface area contributed by atoms with Gasteiger partial charge < -0.3 is 5.32 Å². The van der Waals surface area contributed by atoms with E-state index in [9.17, 15) is 4.39 Å². The van der Waals surface area contributed by atoms with Crippen molar-refractivity contribution in [2.45, 2.75) is 25.9 Å². The van der Waals surface area contributed by atoms with Gasteiger partial charge in [0, 0.05) is 28.0 Å². The lowest BCUT2D eigenvalue weighted by Crippen LogP contribution is -2.20. The number of hydrogen-bond donors (Lipinski definition) is 1. The zero-order chi connectivity index (χ0) is 13.0. The molecule has 0 aliphatic rings. The molecule has 0 saturated heterocycles. The van der Waals surface area contributed by atoms with Crippen LogP contribution >= 0.6 is 22.9 Å². The molecule has 18 heavy (non-hydrogen) atoms. The van der Waals surface area contributed by atoms with E-state index in [4.69, 9.17) is 11.6 Å². The van der Waals surface area contributed by atoms with Crippen LogP contribution < -0.4 is 5.32 Å². The lowest BCUT2D eigenvalue weighted by Gasteiger charge is -2.15. The molecule has 0 aliphatic heterocycles. The van der Waals surface area contributed by atoms with Crippen molar-refractivity contribution in [2.75, 3.05) is 0 Å². The molecule has 0 amide bonds. The smallest absolute Gasteiger partial charge is 0.127 e. The van der Waals surface area contributed by atoms with Crippen molar-refractivity contribution in [1.82, 2.24) is 5.32 Å². The first-order valence-electron chi connectivity index (χ1n) is 5.91. The topological polar surface area (TPSA) is 12.0 Å². The molecule has 0 fully saturated rings. The lowest BCUT2D eigenvalue weighted by molar-refractivity contribution is 0.510. The van der Waals surface area contributed by atoms with Crippen LogP contribution in [0.5, 0.6) is 0 Å². The van der Waals surface area contributed by atoms with Crippen LogP contribution in [-0.4, -0.2) is 0 Å². The maximum atomic E-state index is 13.6. The van der Waals surface area contributed by atoms with Crippen molar-refractivity contribution >= 4 is 22.9 Å². The average Bonchev–Trinajstić information content (AvgIpc) is 2.88. The Balaban J connectivity index is 2.04. The molecule has 1 nitrogen and oxygen atoms in total. The minimum Gasteiger partial charge on any atom is -0.305 e. The summed E-state index contributed by atoms with van der Waals surface area (Å²) in [6.07, 6.45) is 0.975. The molecule has 0 bridgehead atoms. The number of hydrogen-bond acceptors (Lipinski definition) is 2. The van der Waals surface area contributed by atoms with Crippen LogP contribution in [0.2, 0.25) is 5.02 Å². The van der Waals surface area contributed by atoms with Crippen molar-refractivity contribution in [3.05, 3.63) is 57.0 Å². The van der Waals surface area contributed by atoms with E-state index in [1.54, 1.807) is 23.5 Å². The predicted octanol–water partition coefficient (Wildman–Crippen LogP) is 4.78. The maximum Gasteiger partial charge on any atom is 0.127 e. The van der Waals surface area contributed by atoms with Crippen molar-refractivity contribution in [3.63, 3.8) is 0 Å².